The predicted molar refractivity (Wildman–Crippen MR) is 98.4 cm³/mol. The highest BCUT2D eigenvalue weighted by atomic mass is 32.2. The SMILES string of the molecule is CN(C)C(=O)CCSNC(=O)Nc1c2c(cc3c1CCC3)CCC2. The molecule has 0 atom stereocenters. The Morgan fingerprint density at radius 3 is 2.29 bits per heavy atom. The summed E-state index contributed by atoms with van der Waals surface area (Å²) >= 11 is 1.28. The average molecular weight is 347 g/mol. The lowest BCUT2D eigenvalue weighted by molar-refractivity contribution is -0.128. The second-order valence-corrected chi connectivity index (χ2v) is 7.58. The zero-order valence-electron chi connectivity index (χ0n) is 14.4. The molecule has 2 N–H and O–H groups in total. The molecule has 3 amide bonds. The van der Waals surface area contributed by atoms with Crippen molar-refractivity contribution in [2.75, 3.05) is 25.2 Å². The molecule has 0 saturated carbocycles. The Balaban J connectivity index is 1.58. The molecule has 0 radical (unpaired) electrons. The molecule has 130 valence electrons. The van der Waals surface area contributed by atoms with Gasteiger partial charge in [0.15, 0.2) is 0 Å². The van der Waals surface area contributed by atoms with Crippen LogP contribution in [-0.4, -0.2) is 36.7 Å². The van der Waals surface area contributed by atoms with E-state index >= 15 is 0 Å². The topological polar surface area (TPSA) is 61.4 Å². The molecule has 2 aliphatic rings. The lowest BCUT2D eigenvalue weighted by Gasteiger charge is -2.16. The number of nitrogens with one attached hydrogen (secondary N) is 2. The summed E-state index contributed by atoms with van der Waals surface area (Å²) in [5, 5.41) is 3.09. The van der Waals surface area contributed by atoms with Gasteiger partial charge in [-0.15, -0.1) is 0 Å². The molecule has 1 aromatic rings. The number of nitrogens with zero attached hydrogens (tertiary/aromatic N) is 1. The minimum Gasteiger partial charge on any atom is -0.349 e. The van der Waals surface area contributed by atoms with Gasteiger partial charge >= 0.3 is 6.03 Å². The Morgan fingerprint density at radius 2 is 1.71 bits per heavy atom. The van der Waals surface area contributed by atoms with Crippen molar-refractivity contribution in [3.8, 4) is 0 Å². The van der Waals surface area contributed by atoms with Crippen LogP contribution in [0.5, 0.6) is 0 Å². The van der Waals surface area contributed by atoms with Gasteiger partial charge in [-0.25, -0.2) is 4.79 Å². The molecule has 0 bridgehead atoms. The summed E-state index contributed by atoms with van der Waals surface area (Å²) in [4.78, 5) is 25.3. The Kier molecular flexibility index (Phi) is 5.33. The summed E-state index contributed by atoms with van der Waals surface area (Å²) in [7, 11) is 3.48. The molecule has 0 unspecified atom stereocenters. The molecule has 5 nitrogen and oxygen atoms in total. The van der Waals surface area contributed by atoms with E-state index in [1.807, 2.05) is 0 Å². The van der Waals surface area contributed by atoms with Crippen LogP contribution in [0.2, 0.25) is 0 Å². The second kappa shape index (κ2) is 7.47. The van der Waals surface area contributed by atoms with E-state index < -0.39 is 0 Å². The van der Waals surface area contributed by atoms with Crippen LogP contribution in [0, 0.1) is 0 Å². The van der Waals surface area contributed by atoms with Gasteiger partial charge in [-0.2, -0.15) is 0 Å². The Morgan fingerprint density at radius 1 is 1.08 bits per heavy atom. The van der Waals surface area contributed by atoms with E-state index in [1.165, 1.54) is 47.0 Å². The summed E-state index contributed by atoms with van der Waals surface area (Å²) in [6, 6.07) is 2.17. The van der Waals surface area contributed by atoms with Gasteiger partial charge in [0.1, 0.15) is 0 Å². The summed E-state index contributed by atoms with van der Waals surface area (Å²) in [6.45, 7) is 0. The smallest absolute Gasteiger partial charge is 0.329 e. The monoisotopic (exact) mass is 347 g/mol. The van der Waals surface area contributed by atoms with E-state index in [2.05, 4.69) is 16.1 Å². The Hall–Kier alpha value is -1.69. The molecule has 0 spiro atoms. The maximum absolute atomic E-state index is 12.3. The quantitative estimate of drug-likeness (QED) is 0.636. The maximum Gasteiger partial charge on any atom is 0.329 e. The van der Waals surface area contributed by atoms with Crippen LogP contribution in [0.1, 0.15) is 41.5 Å². The first-order valence-electron chi connectivity index (χ1n) is 8.61. The third kappa shape index (κ3) is 3.69. The van der Waals surface area contributed by atoms with E-state index in [9.17, 15) is 9.59 Å². The van der Waals surface area contributed by atoms with Gasteiger partial charge in [-0.3, -0.25) is 9.52 Å². The van der Waals surface area contributed by atoms with Crippen LogP contribution in [0.15, 0.2) is 6.07 Å². The van der Waals surface area contributed by atoms with Gasteiger partial charge in [0.25, 0.3) is 0 Å². The highest BCUT2D eigenvalue weighted by molar-refractivity contribution is 7.97. The van der Waals surface area contributed by atoms with Crippen LogP contribution in [0.3, 0.4) is 0 Å². The summed E-state index contributed by atoms with van der Waals surface area (Å²) in [5.41, 5.74) is 6.54. The second-order valence-electron chi connectivity index (χ2n) is 6.68. The molecule has 2 aliphatic carbocycles. The third-order valence-corrected chi connectivity index (χ3v) is 5.53. The fraction of sp³-hybridized carbons (Fsp3) is 0.556. The Labute approximate surface area is 147 Å². The van der Waals surface area contributed by atoms with Crippen molar-refractivity contribution in [3.63, 3.8) is 0 Å². The number of rotatable bonds is 5. The van der Waals surface area contributed by atoms with E-state index in [4.69, 9.17) is 0 Å². The molecule has 0 saturated heterocycles. The standard InChI is InChI=1S/C18H25N3O2S/c1-21(2)16(22)9-10-24-20-18(23)19-17-14-7-3-5-12(14)11-13-6-4-8-15(13)17/h11H,3-10H2,1-2H3,(H2,19,20,23). The third-order valence-electron chi connectivity index (χ3n) is 4.79. The number of hydrogen-bond acceptors (Lipinski definition) is 3. The normalized spacial score (nSPS) is 14.9. The lowest BCUT2D eigenvalue weighted by Crippen LogP contribution is -2.26. The average Bonchev–Trinajstić information content (AvgIpc) is 3.19. The van der Waals surface area contributed by atoms with Crippen molar-refractivity contribution < 1.29 is 9.59 Å². The Bertz CT molecular complexity index is 626. The number of carbonyl (C=O) groups excluding carboxylic acids is 2. The molecule has 0 heterocycles. The molecule has 0 aliphatic heterocycles. The number of amides is 3. The minimum atomic E-state index is -0.188. The zero-order chi connectivity index (χ0) is 17.1. The summed E-state index contributed by atoms with van der Waals surface area (Å²) in [5.74, 6) is 0.651. The molecule has 1 aromatic carbocycles. The summed E-state index contributed by atoms with van der Waals surface area (Å²) in [6.07, 6.45) is 7.14. The molecule has 0 fully saturated rings. The minimum absolute atomic E-state index is 0.0726. The van der Waals surface area contributed by atoms with Crippen molar-refractivity contribution in [3.05, 3.63) is 28.3 Å². The first-order valence-corrected chi connectivity index (χ1v) is 9.60. The lowest BCUT2D eigenvalue weighted by atomic mass is 9.99. The van der Waals surface area contributed by atoms with Crippen LogP contribution in [-0.2, 0) is 30.5 Å². The number of fused-ring (bicyclic) bond motifs is 2. The van der Waals surface area contributed by atoms with Crippen molar-refractivity contribution in [2.45, 2.75) is 44.9 Å². The fourth-order valence-electron chi connectivity index (χ4n) is 3.58. The van der Waals surface area contributed by atoms with Crippen molar-refractivity contribution >= 4 is 29.6 Å². The number of anilines is 1. The van der Waals surface area contributed by atoms with Crippen molar-refractivity contribution in [1.29, 1.82) is 0 Å². The molecular weight excluding hydrogens is 322 g/mol. The first kappa shape index (κ1) is 17.1. The summed E-state index contributed by atoms with van der Waals surface area (Å²) < 4.78 is 2.80. The number of benzene rings is 1. The molecule has 0 aromatic heterocycles. The van der Waals surface area contributed by atoms with E-state index in [0.29, 0.717) is 12.2 Å². The zero-order valence-corrected chi connectivity index (χ0v) is 15.2. The number of hydrogen-bond donors (Lipinski definition) is 2. The van der Waals surface area contributed by atoms with Crippen LogP contribution < -0.4 is 10.0 Å². The largest absolute Gasteiger partial charge is 0.349 e. The van der Waals surface area contributed by atoms with Gasteiger partial charge in [0, 0.05) is 32.0 Å². The van der Waals surface area contributed by atoms with Crippen LogP contribution >= 0.6 is 11.9 Å². The van der Waals surface area contributed by atoms with E-state index in [-0.39, 0.29) is 11.9 Å². The van der Waals surface area contributed by atoms with Gasteiger partial charge in [-0.05, 0) is 72.7 Å². The molecule has 3 rings (SSSR count). The van der Waals surface area contributed by atoms with Gasteiger partial charge < -0.3 is 10.2 Å². The fourth-order valence-corrected chi connectivity index (χ4v) is 4.15. The van der Waals surface area contributed by atoms with Crippen LogP contribution in [0.4, 0.5) is 10.5 Å². The van der Waals surface area contributed by atoms with Gasteiger partial charge in [0.2, 0.25) is 5.91 Å². The number of urea groups is 1. The molecular formula is C18H25N3O2S. The van der Waals surface area contributed by atoms with Gasteiger partial charge in [-0.1, -0.05) is 6.07 Å². The van der Waals surface area contributed by atoms with Crippen molar-refractivity contribution in [2.24, 2.45) is 0 Å². The highest BCUT2D eigenvalue weighted by Gasteiger charge is 2.24. The molecule has 24 heavy (non-hydrogen) atoms. The van der Waals surface area contributed by atoms with E-state index in [0.717, 1.165) is 31.4 Å². The van der Waals surface area contributed by atoms with E-state index in [1.54, 1.807) is 19.0 Å². The number of carbonyl (C=O) groups is 2. The molecule has 6 heteroatoms. The first-order chi connectivity index (χ1) is 11.6. The van der Waals surface area contributed by atoms with Gasteiger partial charge in [0.05, 0.1) is 0 Å². The van der Waals surface area contributed by atoms with Crippen LogP contribution in [0.25, 0.3) is 0 Å². The number of aryl methyl sites for hydroxylation is 2. The highest BCUT2D eigenvalue weighted by Crippen LogP contribution is 2.38. The predicted octanol–water partition coefficient (Wildman–Crippen LogP) is 2.91. The van der Waals surface area contributed by atoms with Crippen molar-refractivity contribution in [1.82, 2.24) is 9.62 Å². The maximum atomic E-state index is 12.3.